The molecule has 1 atom stereocenters. The van der Waals surface area contributed by atoms with Gasteiger partial charge in [0.1, 0.15) is 0 Å². The van der Waals surface area contributed by atoms with Crippen LogP contribution in [0.2, 0.25) is 0 Å². The van der Waals surface area contributed by atoms with Crippen LogP contribution in [-0.4, -0.2) is 0 Å². The standard InChI is InChI=1S/C31H44/c1-3-5-7-9-11-13-27-16-20-29(21-17-27)31-24-22-30(23-25-31)28-18-14-26(15-19-28)12-10-8-6-4-2/h16-18,20-26H,3-15,19H2,1-2H3. The molecule has 0 heteroatoms. The van der Waals surface area contributed by atoms with Gasteiger partial charge in [-0.25, -0.2) is 0 Å². The molecule has 2 aromatic carbocycles. The van der Waals surface area contributed by atoms with E-state index >= 15 is 0 Å². The fourth-order valence-electron chi connectivity index (χ4n) is 4.95. The number of hydrogen-bond acceptors (Lipinski definition) is 0. The van der Waals surface area contributed by atoms with Crippen molar-refractivity contribution in [3.05, 3.63) is 65.7 Å². The van der Waals surface area contributed by atoms with Crippen LogP contribution in [0.15, 0.2) is 54.6 Å². The summed E-state index contributed by atoms with van der Waals surface area (Å²) >= 11 is 0. The summed E-state index contributed by atoms with van der Waals surface area (Å²) in [7, 11) is 0. The van der Waals surface area contributed by atoms with Gasteiger partial charge in [0.2, 0.25) is 0 Å². The second-order valence-corrected chi connectivity index (χ2v) is 9.66. The van der Waals surface area contributed by atoms with Gasteiger partial charge >= 0.3 is 0 Å². The Morgan fingerprint density at radius 1 is 0.645 bits per heavy atom. The molecular weight excluding hydrogens is 372 g/mol. The molecule has 0 aromatic heterocycles. The molecule has 0 spiro atoms. The van der Waals surface area contributed by atoms with Crippen molar-refractivity contribution in [3.63, 3.8) is 0 Å². The van der Waals surface area contributed by atoms with Gasteiger partial charge in [0.25, 0.3) is 0 Å². The molecule has 31 heavy (non-hydrogen) atoms. The lowest BCUT2D eigenvalue weighted by molar-refractivity contribution is 0.425. The van der Waals surface area contributed by atoms with Crippen molar-refractivity contribution in [2.45, 2.75) is 104 Å². The highest BCUT2D eigenvalue weighted by molar-refractivity contribution is 5.71. The van der Waals surface area contributed by atoms with E-state index < -0.39 is 0 Å². The van der Waals surface area contributed by atoms with E-state index in [1.165, 1.54) is 112 Å². The number of hydrogen-bond donors (Lipinski definition) is 0. The van der Waals surface area contributed by atoms with Gasteiger partial charge in [-0.1, -0.05) is 126 Å². The van der Waals surface area contributed by atoms with Gasteiger partial charge < -0.3 is 0 Å². The number of rotatable bonds is 13. The highest BCUT2D eigenvalue weighted by Crippen LogP contribution is 2.33. The SMILES string of the molecule is CCCCCCCc1ccc(-c2ccc(C3=CCC(CCCCCC)CC3)cc2)cc1. The third-order valence-corrected chi connectivity index (χ3v) is 7.10. The zero-order valence-corrected chi connectivity index (χ0v) is 20.2. The maximum atomic E-state index is 2.53. The highest BCUT2D eigenvalue weighted by atomic mass is 14.2. The molecule has 3 rings (SSSR count). The van der Waals surface area contributed by atoms with E-state index in [2.05, 4.69) is 68.5 Å². The number of allylic oxidation sites excluding steroid dienone is 2. The first kappa shape index (κ1) is 23.8. The Labute approximate surface area is 192 Å². The van der Waals surface area contributed by atoms with Gasteiger partial charge in [-0.3, -0.25) is 0 Å². The van der Waals surface area contributed by atoms with Crippen LogP contribution in [0, 0.1) is 5.92 Å². The average molecular weight is 417 g/mol. The molecule has 1 unspecified atom stereocenters. The first-order chi connectivity index (χ1) is 15.3. The Hall–Kier alpha value is -1.82. The number of unbranched alkanes of at least 4 members (excludes halogenated alkanes) is 7. The summed E-state index contributed by atoms with van der Waals surface area (Å²) in [4.78, 5) is 0. The molecule has 0 saturated heterocycles. The van der Waals surface area contributed by atoms with Crippen molar-refractivity contribution >= 4 is 5.57 Å². The average Bonchev–Trinajstić information content (AvgIpc) is 2.83. The van der Waals surface area contributed by atoms with E-state index in [4.69, 9.17) is 0 Å². The molecule has 0 radical (unpaired) electrons. The van der Waals surface area contributed by atoms with Crippen molar-refractivity contribution in [3.8, 4) is 11.1 Å². The summed E-state index contributed by atoms with van der Waals surface area (Å²) in [5.74, 6) is 0.921. The third-order valence-electron chi connectivity index (χ3n) is 7.10. The first-order valence-electron chi connectivity index (χ1n) is 13.2. The molecule has 1 aliphatic carbocycles. The van der Waals surface area contributed by atoms with Gasteiger partial charge in [-0.15, -0.1) is 0 Å². The Kier molecular flexibility index (Phi) is 10.4. The predicted octanol–water partition coefficient (Wildman–Crippen LogP) is 10.0. The minimum absolute atomic E-state index is 0.921. The van der Waals surface area contributed by atoms with Crippen molar-refractivity contribution < 1.29 is 0 Å². The lowest BCUT2D eigenvalue weighted by Gasteiger charge is -2.22. The highest BCUT2D eigenvalue weighted by Gasteiger charge is 2.15. The lowest BCUT2D eigenvalue weighted by atomic mass is 9.83. The maximum Gasteiger partial charge on any atom is -0.0184 e. The van der Waals surface area contributed by atoms with Crippen LogP contribution in [0.1, 0.15) is 108 Å². The molecule has 0 bridgehead atoms. The minimum Gasteiger partial charge on any atom is -0.0804 e. The van der Waals surface area contributed by atoms with Crippen LogP contribution in [0.4, 0.5) is 0 Å². The smallest absolute Gasteiger partial charge is 0.0184 e. The maximum absolute atomic E-state index is 2.53. The van der Waals surface area contributed by atoms with Gasteiger partial charge in [0.15, 0.2) is 0 Å². The van der Waals surface area contributed by atoms with E-state index in [0.29, 0.717) is 0 Å². The Morgan fingerprint density at radius 2 is 1.23 bits per heavy atom. The normalized spacial score (nSPS) is 16.3. The minimum atomic E-state index is 0.921. The summed E-state index contributed by atoms with van der Waals surface area (Å²) in [6.45, 7) is 4.58. The van der Waals surface area contributed by atoms with Crippen LogP contribution in [0.3, 0.4) is 0 Å². The predicted molar refractivity (Wildman–Crippen MR) is 138 cm³/mol. The molecule has 0 nitrogen and oxygen atoms in total. The van der Waals surface area contributed by atoms with Crippen LogP contribution >= 0.6 is 0 Å². The van der Waals surface area contributed by atoms with Crippen molar-refractivity contribution in [1.82, 2.24) is 0 Å². The van der Waals surface area contributed by atoms with Crippen LogP contribution < -0.4 is 0 Å². The van der Waals surface area contributed by atoms with E-state index in [9.17, 15) is 0 Å². The monoisotopic (exact) mass is 416 g/mol. The van der Waals surface area contributed by atoms with Crippen molar-refractivity contribution in [2.24, 2.45) is 5.92 Å². The summed E-state index contributed by atoms with van der Waals surface area (Å²) in [6, 6.07) is 18.6. The van der Waals surface area contributed by atoms with Crippen LogP contribution in [0.5, 0.6) is 0 Å². The van der Waals surface area contributed by atoms with Crippen LogP contribution in [0.25, 0.3) is 16.7 Å². The molecule has 168 valence electrons. The second kappa shape index (κ2) is 13.6. The largest absolute Gasteiger partial charge is 0.0804 e. The third kappa shape index (κ3) is 7.99. The Bertz CT molecular complexity index is 763. The molecule has 2 aromatic rings. The molecule has 1 aliphatic rings. The molecule has 0 saturated carbocycles. The molecule has 0 heterocycles. The zero-order valence-electron chi connectivity index (χ0n) is 20.2. The molecule has 0 aliphatic heterocycles. The van der Waals surface area contributed by atoms with E-state index in [1.54, 1.807) is 5.57 Å². The van der Waals surface area contributed by atoms with Gasteiger partial charge in [-0.2, -0.15) is 0 Å². The van der Waals surface area contributed by atoms with E-state index in [1.807, 2.05) is 0 Å². The topological polar surface area (TPSA) is 0 Å². The van der Waals surface area contributed by atoms with Gasteiger partial charge in [0.05, 0.1) is 0 Å². The Morgan fingerprint density at radius 3 is 1.84 bits per heavy atom. The number of benzene rings is 2. The second-order valence-electron chi connectivity index (χ2n) is 9.66. The summed E-state index contributed by atoms with van der Waals surface area (Å²) in [5, 5.41) is 0. The fraction of sp³-hybridized carbons (Fsp3) is 0.548. The van der Waals surface area contributed by atoms with E-state index in [-0.39, 0.29) is 0 Å². The fourth-order valence-corrected chi connectivity index (χ4v) is 4.95. The lowest BCUT2D eigenvalue weighted by Crippen LogP contribution is -2.05. The molecule has 0 amide bonds. The quantitative estimate of drug-likeness (QED) is 0.285. The zero-order chi connectivity index (χ0) is 21.7. The first-order valence-corrected chi connectivity index (χ1v) is 13.2. The molecule has 0 fully saturated rings. The summed E-state index contributed by atoms with van der Waals surface area (Å²) in [6.07, 6.45) is 21.5. The van der Waals surface area contributed by atoms with E-state index in [0.717, 1.165) is 5.92 Å². The van der Waals surface area contributed by atoms with Gasteiger partial charge in [0, 0.05) is 0 Å². The Balaban J connectivity index is 1.48. The van der Waals surface area contributed by atoms with Crippen molar-refractivity contribution in [1.29, 1.82) is 0 Å². The van der Waals surface area contributed by atoms with Crippen LogP contribution in [-0.2, 0) is 6.42 Å². The molecular formula is C31H44. The summed E-state index contributed by atoms with van der Waals surface area (Å²) < 4.78 is 0. The summed E-state index contributed by atoms with van der Waals surface area (Å²) in [5.41, 5.74) is 7.15. The van der Waals surface area contributed by atoms with Crippen molar-refractivity contribution in [2.75, 3.05) is 0 Å². The van der Waals surface area contributed by atoms with Gasteiger partial charge in [-0.05, 0) is 65.8 Å². The number of aryl methyl sites for hydroxylation is 1. The molecule has 0 N–H and O–H groups in total.